The Morgan fingerprint density at radius 1 is 1.24 bits per heavy atom. The van der Waals surface area contributed by atoms with E-state index in [9.17, 15) is 9.59 Å². The Morgan fingerprint density at radius 3 is 2.29 bits per heavy atom. The zero-order valence-corrected chi connectivity index (χ0v) is 11.1. The summed E-state index contributed by atoms with van der Waals surface area (Å²) in [5, 5.41) is 11.9. The van der Waals surface area contributed by atoms with Gasteiger partial charge in [0, 0.05) is 6.04 Å². The van der Waals surface area contributed by atoms with Crippen LogP contribution in [-0.2, 0) is 9.59 Å². The number of carboxylic acids is 1. The van der Waals surface area contributed by atoms with Gasteiger partial charge in [0.25, 0.3) is 0 Å². The molecule has 3 atom stereocenters. The van der Waals surface area contributed by atoms with Crippen LogP contribution in [0.5, 0.6) is 0 Å². The highest BCUT2D eigenvalue weighted by Gasteiger charge is 2.38. The van der Waals surface area contributed by atoms with Crippen LogP contribution in [0, 0.1) is 17.3 Å². The largest absolute Gasteiger partial charge is 0.480 e. The number of carbonyl (C=O) groups is 2. The van der Waals surface area contributed by atoms with E-state index in [-0.39, 0.29) is 11.9 Å². The van der Waals surface area contributed by atoms with Crippen molar-refractivity contribution in [3.05, 3.63) is 0 Å². The van der Waals surface area contributed by atoms with Gasteiger partial charge in [0.05, 0.1) is 0 Å². The molecule has 98 valence electrons. The second-order valence-electron chi connectivity index (χ2n) is 5.91. The molecule has 0 spiro atoms. The molecule has 0 saturated heterocycles. The van der Waals surface area contributed by atoms with Crippen molar-refractivity contribution in [2.75, 3.05) is 0 Å². The third kappa shape index (κ3) is 3.20. The maximum absolute atomic E-state index is 11.9. The normalized spacial score (nSPS) is 29.8. The van der Waals surface area contributed by atoms with E-state index in [0.717, 1.165) is 19.3 Å². The summed E-state index contributed by atoms with van der Waals surface area (Å²) >= 11 is 0. The van der Waals surface area contributed by atoms with Crippen LogP contribution in [0.2, 0.25) is 0 Å². The number of hydrogen-bond donors (Lipinski definition) is 2. The lowest BCUT2D eigenvalue weighted by molar-refractivity contribution is -0.153. The van der Waals surface area contributed by atoms with E-state index in [1.165, 1.54) is 13.8 Å². The van der Waals surface area contributed by atoms with Crippen LogP contribution in [0.3, 0.4) is 0 Å². The summed E-state index contributed by atoms with van der Waals surface area (Å²) in [4.78, 5) is 22.9. The van der Waals surface area contributed by atoms with Crippen LogP contribution in [0.15, 0.2) is 0 Å². The fraction of sp³-hybridized carbons (Fsp3) is 0.846. The Bertz CT molecular complexity index is 312. The average Bonchev–Trinajstić information content (AvgIpc) is 2.21. The summed E-state index contributed by atoms with van der Waals surface area (Å²) in [5.74, 6) is -0.332. The Kier molecular flexibility index (Phi) is 4.17. The van der Waals surface area contributed by atoms with E-state index in [2.05, 4.69) is 19.2 Å². The second-order valence-corrected chi connectivity index (χ2v) is 5.91. The molecule has 0 aliphatic heterocycles. The second kappa shape index (κ2) is 5.07. The smallest absolute Gasteiger partial charge is 0.318 e. The van der Waals surface area contributed by atoms with Crippen LogP contribution >= 0.6 is 0 Å². The molecule has 0 radical (unpaired) electrons. The van der Waals surface area contributed by atoms with Crippen LogP contribution in [0.25, 0.3) is 0 Å². The van der Waals surface area contributed by atoms with Gasteiger partial charge in [0.15, 0.2) is 0 Å². The van der Waals surface area contributed by atoms with E-state index in [0.29, 0.717) is 11.8 Å². The van der Waals surface area contributed by atoms with Crippen LogP contribution in [-0.4, -0.2) is 23.0 Å². The van der Waals surface area contributed by atoms with E-state index >= 15 is 0 Å². The minimum Gasteiger partial charge on any atom is -0.480 e. The first-order chi connectivity index (χ1) is 7.75. The molecule has 4 heteroatoms. The Labute approximate surface area is 103 Å². The lowest BCUT2D eigenvalue weighted by Crippen LogP contribution is -2.49. The quantitative estimate of drug-likeness (QED) is 0.743. The topological polar surface area (TPSA) is 66.4 Å². The van der Waals surface area contributed by atoms with Crippen molar-refractivity contribution in [1.82, 2.24) is 5.32 Å². The van der Waals surface area contributed by atoms with Crippen LogP contribution < -0.4 is 5.32 Å². The first kappa shape index (κ1) is 14.0. The SMILES string of the molecule is CC1CCC(NC(=O)C(C)(C)C(=O)O)C(C)C1. The average molecular weight is 241 g/mol. The minimum atomic E-state index is -1.34. The zero-order valence-electron chi connectivity index (χ0n) is 11.1. The molecular formula is C13H23NO3. The summed E-state index contributed by atoms with van der Waals surface area (Å²) in [7, 11) is 0. The number of rotatable bonds is 3. The maximum Gasteiger partial charge on any atom is 0.318 e. The van der Waals surface area contributed by atoms with Gasteiger partial charge in [0.1, 0.15) is 5.41 Å². The first-order valence-electron chi connectivity index (χ1n) is 6.29. The molecule has 0 aromatic heterocycles. The zero-order chi connectivity index (χ0) is 13.2. The fourth-order valence-electron chi connectivity index (χ4n) is 2.33. The van der Waals surface area contributed by atoms with Crippen molar-refractivity contribution in [1.29, 1.82) is 0 Å². The van der Waals surface area contributed by atoms with Gasteiger partial charge in [-0.1, -0.05) is 13.8 Å². The van der Waals surface area contributed by atoms with Gasteiger partial charge >= 0.3 is 5.97 Å². The molecule has 1 rings (SSSR count). The standard InChI is InChI=1S/C13H23NO3/c1-8-5-6-10(9(2)7-8)14-11(15)13(3,4)12(16)17/h8-10H,5-7H2,1-4H3,(H,14,15)(H,16,17). The van der Waals surface area contributed by atoms with Crippen molar-refractivity contribution in [2.45, 2.75) is 53.0 Å². The molecule has 1 aliphatic carbocycles. The molecule has 1 fully saturated rings. The lowest BCUT2D eigenvalue weighted by Gasteiger charge is -2.34. The number of carboxylic acid groups (broad SMARTS) is 1. The highest BCUT2D eigenvalue weighted by atomic mass is 16.4. The molecule has 0 aromatic carbocycles. The van der Waals surface area contributed by atoms with E-state index in [1.807, 2.05) is 0 Å². The summed E-state index contributed by atoms with van der Waals surface area (Å²) < 4.78 is 0. The maximum atomic E-state index is 11.9. The Balaban J connectivity index is 2.60. The molecule has 1 saturated carbocycles. The number of hydrogen-bond acceptors (Lipinski definition) is 2. The number of carbonyl (C=O) groups excluding carboxylic acids is 1. The van der Waals surface area contributed by atoms with Gasteiger partial charge in [-0.05, 0) is 44.9 Å². The van der Waals surface area contributed by atoms with E-state index in [4.69, 9.17) is 5.11 Å². The van der Waals surface area contributed by atoms with Gasteiger partial charge in [-0.25, -0.2) is 0 Å². The fourth-order valence-corrected chi connectivity index (χ4v) is 2.33. The third-order valence-corrected chi connectivity index (χ3v) is 3.85. The lowest BCUT2D eigenvalue weighted by atomic mass is 9.79. The van der Waals surface area contributed by atoms with Gasteiger partial charge in [-0.2, -0.15) is 0 Å². The van der Waals surface area contributed by atoms with Crippen molar-refractivity contribution in [3.63, 3.8) is 0 Å². The number of nitrogens with one attached hydrogen (secondary N) is 1. The molecule has 2 N–H and O–H groups in total. The number of amides is 1. The third-order valence-electron chi connectivity index (χ3n) is 3.85. The van der Waals surface area contributed by atoms with Gasteiger partial charge in [-0.3, -0.25) is 9.59 Å². The van der Waals surface area contributed by atoms with Crippen molar-refractivity contribution in [2.24, 2.45) is 17.3 Å². The van der Waals surface area contributed by atoms with Gasteiger partial charge < -0.3 is 10.4 Å². The van der Waals surface area contributed by atoms with Crippen molar-refractivity contribution < 1.29 is 14.7 Å². The molecule has 0 aromatic rings. The minimum absolute atomic E-state index is 0.123. The predicted octanol–water partition coefficient (Wildman–Crippen LogP) is 2.04. The Morgan fingerprint density at radius 2 is 1.82 bits per heavy atom. The molecular weight excluding hydrogens is 218 g/mol. The molecule has 0 bridgehead atoms. The van der Waals surface area contributed by atoms with Gasteiger partial charge in [-0.15, -0.1) is 0 Å². The van der Waals surface area contributed by atoms with Gasteiger partial charge in [0.2, 0.25) is 5.91 Å². The van der Waals surface area contributed by atoms with Crippen molar-refractivity contribution >= 4 is 11.9 Å². The summed E-state index contributed by atoms with van der Waals surface area (Å²) in [6, 6.07) is 0.123. The molecule has 4 nitrogen and oxygen atoms in total. The first-order valence-corrected chi connectivity index (χ1v) is 6.29. The van der Waals surface area contributed by atoms with Crippen molar-refractivity contribution in [3.8, 4) is 0 Å². The van der Waals surface area contributed by atoms with Crippen LogP contribution in [0.4, 0.5) is 0 Å². The van der Waals surface area contributed by atoms with E-state index in [1.54, 1.807) is 0 Å². The van der Waals surface area contributed by atoms with Crippen LogP contribution in [0.1, 0.15) is 47.0 Å². The summed E-state index contributed by atoms with van der Waals surface area (Å²) in [5.41, 5.74) is -1.34. The highest BCUT2D eigenvalue weighted by Crippen LogP contribution is 2.29. The number of aliphatic carboxylic acids is 1. The van der Waals surface area contributed by atoms with E-state index < -0.39 is 11.4 Å². The predicted molar refractivity (Wildman–Crippen MR) is 65.5 cm³/mol. The molecule has 1 aliphatic rings. The monoisotopic (exact) mass is 241 g/mol. The molecule has 1 amide bonds. The highest BCUT2D eigenvalue weighted by molar-refractivity contribution is 6.01. The molecule has 3 unspecified atom stereocenters. The summed E-state index contributed by atoms with van der Waals surface area (Å²) in [6.07, 6.45) is 3.14. The Hall–Kier alpha value is -1.06. The molecule has 0 heterocycles. The summed E-state index contributed by atoms with van der Waals surface area (Å²) in [6.45, 7) is 7.23. The molecule has 17 heavy (non-hydrogen) atoms.